The molecule has 0 saturated carbocycles. The minimum atomic E-state index is -2.39. The van der Waals surface area contributed by atoms with Crippen LogP contribution in [0.4, 0.5) is 0 Å². The summed E-state index contributed by atoms with van der Waals surface area (Å²) >= 11 is 9.95. The van der Waals surface area contributed by atoms with Crippen LogP contribution in [-0.4, -0.2) is 42.9 Å². The van der Waals surface area contributed by atoms with Crippen LogP contribution in [0.15, 0.2) is 0 Å². The Kier molecular flexibility index (Phi) is 13.3. The Bertz CT molecular complexity index is 251. The van der Waals surface area contributed by atoms with Crippen molar-refractivity contribution in [3.8, 4) is 0 Å². The van der Waals surface area contributed by atoms with E-state index in [0.717, 1.165) is 0 Å². The lowest BCUT2D eigenvalue weighted by Crippen LogP contribution is -2.47. The van der Waals surface area contributed by atoms with Crippen molar-refractivity contribution in [1.82, 2.24) is 0 Å². The van der Waals surface area contributed by atoms with Gasteiger partial charge in [-0.05, 0) is 55.4 Å². The summed E-state index contributed by atoms with van der Waals surface area (Å²) in [6.45, 7) is 21.8. The van der Waals surface area contributed by atoms with Crippen molar-refractivity contribution >= 4 is 29.7 Å². The molecule has 6 heteroatoms. The molecule has 0 unspecified atom stereocenters. The van der Waals surface area contributed by atoms with Gasteiger partial charge in [0.2, 0.25) is 0 Å². The Morgan fingerprint density at radius 3 is 1.20 bits per heavy atom. The van der Waals surface area contributed by atoms with Gasteiger partial charge in [0.05, 0.1) is 44.1 Å². The monoisotopic (exact) mass is 343 g/mol. The smallest absolute Gasteiger partial charge is 0.0757 e. The second-order valence-electron chi connectivity index (χ2n) is 5.36. The van der Waals surface area contributed by atoms with E-state index >= 15 is 0 Å². The Balaban J connectivity index is 0. The van der Waals surface area contributed by atoms with Crippen LogP contribution in [0.3, 0.4) is 0 Å². The number of nitrogens with zero attached hydrogens (tertiary/aromatic N) is 1. The molecule has 124 valence electrons. The van der Waals surface area contributed by atoms with Crippen molar-refractivity contribution in [2.24, 2.45) is 0 Å². The van der Waals surface area contributed by atoms with Gasteiger partial charge in [0.15, 0.2) is 0 Å². The Hall–Kier alpha value is 0.880. The highest BCUT2D eigenvalue weighted by Crippen LogP contribution is 2.48. The maximum absolute atomic E-state index is 5.27. The number of rotatable bonds is 8. The summed E-state index contributed by atoms with van der Waals surface area (Å²) < 4.78 is 11.8. The molecule has 0 aliphatic heterocycles. The van der Waals surface area contributed by atoms with Crippen LogP contribution in [0.1, 0.15) is 55.4 Å². The van der Waals surface area contributed by atoms with Crippen molar-refractivity contribution in [2.45, 2.75) is 67.6 Å². The normalized spacial score (nSPS) is 12.6. The third-order valence-corrected chi connectivity index (χ3v) is 5.76. The highest BCUT2D eigenvalue weighted by molar-refractivity contribution is 8.51. The summed E-state index contributed by atoms with van der Waals surface area (Å²) in [5.74, 6) is 0. The lowest BCUT2D eigenvalue weighted by atomic mass is 10.3. The minimum absolute atomic E-state index is 0.0529. The molecule has 0 amide bonds. The molecule has 20 heavy (non-hydrogen) atoms. The highest BCUT2D eigenvalue weighted by Gasteiger charge is 2.16. The van der Waals surface area contributed by atoms with Crippen LogP contribution in [0.25, 0.3) is 0 Å². The van der Waals surface area contributed by atoms with E-state index in [4.69, 9.17) is 33.1 Å². The van der Waals surface area contributed by atoms with Gasteiger partial charge in [-0.15, -0.1) is 0 Å². The molecule has 0 aromatic carbocycles. The van der Waals surface area contributed by atoms with E-state index in [2.05, 4.69) is 27.7 Å². The SMILES string of the molecule is CC(C)OP(=S)([S-])OC(C)C.CC[N+](CC)(CC)CC. The molecule has 0 saturated heterocycles. The molecule has 0 aromatic heterocycles. The van der Waals surface area contributed by atoms with Gasteiger partial charge in [-0.3, -0.25) is 0 Å². The fourth-order valence-corrected chi connectivity index (χ4v) is 5.03. The zero-order valence-electron chi connectivity index (χ0n) is 14.5. The molecule has 0 bridgehead atoms. The van der Waals surface area contributed by atoms with Crippen molar-refractivity contribution in [3.05, 3.63) is 0 Å². The molecule has 0 aliphatic carbocycles. The quantitative estimate of drug-likeness (QED) is 0.367. The zero-order chi connectivity index (χ0) is 16.4. The zero-order valence-corrected chi connectivity index (χ0v) is 17.0. The average Bonchev–Trinajstić information content (AvgIpc) is 2.30. The predicted octanol–water partition coefficient (Wildman–Crippen LogP) is 4.49. The Labute approximate surface area is 137 Å². The first-order valence-corrected chi connectivity index (χ1v) is 11.3. The van der Waals surface area contributed by atoms with E-state index in [1.807, 2.05) is 27.7 Å². The molecular weight excluding hydrogens is 309 g/mol. The standard InChI is InChI=1S/C8H20N.C6H15O2PS2/c1-5-9(6-2,7-3)8-4;1-5(2)7-9(10,11)8-6(3)4/h5-8H2,1-4H3;5-6H,1-4H3,(H,10,11)/q+1;/p-1. The van der Waals surface area contributed by atoms with E-state index in [1.165, 1.54) is 30.7 Å². The Morgan fingerprint density at radius 1 is 0.850 bits per heavy atom. The maximum Gasteiger partial charge on any atom is 0.0757 e. The largest absolute Gasteiger partial charge is 0.691 e. The molecule has 0 radical (unpaired) electrons. The van der Waals surface area contributed by atoms with Gasteiger partial charge in [0.1, 0.15) is 0 Å². The summed E-state index contributed by atoms with van der Waals surface area (Å²) in [5, 5.41) is 0. The van der Waals surface area contributed by atoms with Crippen LogP contribution in [-0.2, 0) is 33.1 Å². The molecule has 0 spiro atoms. The van der Waals surface area contributed by atoms with E-state index in [0.29, 0.717) is 0 Å². The molecule has 0 fully saturated rings. The average molecular weight is 344 g/mol. The topological polar surface area (TPSA) is 18.5 Å². The molecule has 0 aromatic rings. The first kappa shape index (κ1) is 23.2. The second kappa shape index (κ2) is 11.4. The maximum atomic E-state index is 5.27. The number of quaternary nitrogens is 1. The van der Waals surface area contributed by atoms with Crippen LogP contribution in [0.2, 0.25) is 0 Å². The van der Waals surface area contributed by atoms with Gasteiger partial charge in [-0.25, -0.2) is 0 Å². The minimum Gasteiger partial charge on any atom is -0.691 e. The molecule has 3 nitrogen and oxygen atoms in total. The van der Waals surface area contributed by atoms with Gasteiger partial charge < -0.3 is 25.8 Å². The summed E-state index contributed by atoms with van der Waals surface area (Å²) in [7, 11) is 0. The molecule has 0 rings (SSSR count). The first-order valence-electron chi connectivity index (χ1n) is 7.60. The highest BCUT2D eigenvalue weighted by atomic mass is 32.9. The molecular formula is C14H34NO2PS2. The van der Waals surface area contributed by atoms with Gasteiger partial charge >= 0.3 is 0 Å². The first-order chi connectivity index (χ1) is 9.08. The molecule has 0 atom stereocenters. The van der Waals surface area contributed by atoms with E-state index in [1.54, 1.807) is 0 Å². The Morgan fingerprint density at radius 2 is 1.10 bits per heavy atom. The summed E-state index contributed by atoms with van der Waals surface area (Å²) in [6.07, 6.45) is 0.106. The second-order valence-corrected chi connectivity index (χ2v) is 10.3. The number of hydrogen-bond donors (Lipinski definition) is 0. The molecule has 0 N–H and O–H groups in total. The van der Waals surface area contributed by atoms with Crippen LogP contribution >= 0.6 is 5.69 Å². The fraction of sp³-hybridized carbons (Fsp3) is 1.00. The summed E-state index contributed by atoms with van der Waals surface area (Å²) in [5.41, 5.74) is -2.39. The predicted molar refractivity (Wildman–Crippen MR) is 96.5 cm³/mol. The van der Waals surface area contributed by atoms with E-state index in [-0.39, 0.29) is 12.2 Å². The van der Waals surface area contributed by atoms with Crippen molar-refractivity contribution in [2.75, 3.05) is 26.2 Å². The number of hydrogen-bond acceptors (Lipinski definition) is 4. The van der Waals surface area contributed by atoms with Gasteiger partial charge in [-0.1, -0.05) is 11.8 Å². The van der Waals surface area contributed by atoms with Crippen LogP contribution < -0.4 is 0 Å². The lowest BCUT2D eigenvalue weighted by molar-refractivity contribution is -0.921. The van der Waals surface area contributed by atoms with Crippen LogP contribution in [0, 0.1) is 0 Å². The lowest BCUT2D eigenvalue weighted by Gasteiger charge is -2.34. The van der Waals surface area contributed by atoms with Gasteiger partial charge in [0.25, 0.3) is 0 Å². The van der Waals surface area contributed by atoms with E-state index < -0.39 is 5.69 Å². The van der Waals surface area contributed by atoms with E-state index in [9.17, 15) is 0 Å². The molecule has 0 aliphatic rings. The fourth-order valence-electron chi connectivity index (χ4n) is 1.88. The van der Waals surface area contributed by atoms with Gasteiger partial charge in [-0.2, -0.15) is 0 Å². The van der Waals surface area contributed by atoms with Crippen LogP contribution in [0.5, 0.6) is 0 Å². The van der Waals surface area contributed by atoms with Crippen molar-refractivity contribution in [1.29, 1.82) is 0 Å². The summed E-state index contributed by atoms with van der Waals surface area (Å²) in [6, 6.07) is 0. The van der Waals surface area contributed by atoms with Crippen molar-refractivity contribution in [3.63, 3.8) is 0 Å². The molecule has 0 heterocycles. The third-order valence-electron chi connectivity index (χ3n) is 3.36. The van der Waals surface area contributed by atoms with Gasteiger partial charge in [0, 0.05) is 0 Å². The third kappa shape index (κ3) is 11.5. The van der Waals surface area contributed by atoms with Crippen molar-refractivity contribution < 1.29 is 13.5 Å². The summed E-state index contributed by atoms with van der Waals surface area (Å²) in [4.78, 5) is 0.